The van der Waals surface area contributed by atoms with Gasteiger partial charge in [0.05, 0.1) is 30.3 Å². The first kappa shape index (κ1) is 14.0. The Labute approximate surface area is 128 Å². The zero-order chi connectivity index (χ0) is 14.8. The fourth-order valence-electron chi connectivity index (χ4n) is 2.36. The summed E-state index contributed by atoms with van der Waals surface area (Å²) in [5.74, 6) is 2.81. The summed E-state index contributed by atoms with van der Waals surface area (Å²) < 4.78 is 13.3. The van der Waals surface area contributed by atoms with Crippen LogP contribution in [0.15, 0.2) is 41.0 Å². The lowest BCUT2D eigenvalue weighted by molar-refractivity contribution is 0.245. The van der Waals surface area contributed by atoms with Crippen molar-refractivity contribution in [3.63, 3.8) is 0 Å². The number of nitrogens with zero attached hydrogens (tertiary/aromatic N) is 2. The number of benzene rings is 1. The van der Waals surface area contributed by atoms with Crippen LogP contribution in [0.4, 0.5) is 0 Å². The summed E-state index contributed by atoms with van der Waals surface area (Å²) in [6.07, 6.45) is 1.77. The van der Waals surface area contributed by atoms with Gasteiger partial charge < -0.3 is 13.7 Å². The van der Waals surface area contributed by atoms with Crippen LogP contribution in [0.5, 0.6) is 5.75 Å². The van der Waals surface area contributed by atoms with E-state index in [1.807, 2.05) is 44.2 Å². The highest BCUT2D eigenvalue weighted by atomic mass is 35.5. The third-order valence-electron chi connectivity index (χ3n) is 3.20. The van der Waals surface area contributed by atoms with E-state index in [4.69, 9.17) is 20.8 Å². The maximum atomic E-state index is 6.05. The van der Waals surface area contributed by atoms with E-state index in [1.165, 1.54) is 0 Å². The molecule has 0 saturated heterocycles. The van der Waals surface area contributed by atoms with E-state index in [1.54, 1.807) is 6.26 Å². The van der Waals surface area contributed by atoms with Crippen molar-refractivity contribution in [1.29, 1.82) is 0 Å². The number of alkyl halides is 1. The topological polar surface area (TPSA) is 40.2 Å². The van der Waals surface area contributed by atoms with E-state index in [0.29, 0.717) is 12.4 Å². The predicted octanol–water partition coefficient (Wildman–Crippen LogP) is 4.20. The van der Waals surface area contributed by atoms with Crippen molar-refractivity contribution in [2.75, 3.05) is 0 Å². The first-order chi connectivity index (χ1) is 10.2. The molecule has 0 atom stereocenters. The molecule has 2 heterocycles. The van der Waals surface area contributed by atoms with E-state index < -0.39 is 0 Å². The van der Waals surface area contributed by atoms with Gasteiger partial charge in [0.15, 0.2) is 0 Å². The molecule has 3 rings (SSSR count). The second-order valence-corrected chi connectivity index (χ2v) is 5.38. The van der Waals surface area contributed by atoms with Gasteiger partial charge in [-0.2, -0.15) is 0 Å². The maximum absolute atomic E-state index is 6.05. The van der Waals surface area contributed by atoms with Gasteiger partial charge in [0, 0.05) is 0 Å². The number of para-hydroxylation sites is 1. The Hall–Kier alpha value is -1.94. The zero-order valence-corrected chi connectivity index (χ0v) is 12.8. The second-order valence-electron chi connectivity index (χ2n) is 5.12. The molecule has 0 bridgehead atoms. The van der Waals surface area contributed by atoms with E-state index in [0.717, 1.165) is 28.4 Å². The van der Waals surface area contributed by atoms with E-state index >= 15 is 0 Å². The molecule has 2 aromatic heterocycles. The maximum Gasteiger partial charge on any atom is 0.147 e. The monoisotopic (exact) mass is 304 g/mol. The summed E-state index contributed by atoms with van der Waals surface area (Å²) in [6, 6.07) is 9.75. The van der Waals surface area contributed by atoms with Gasteiger partial charge >= 0.3 is 0 Å². The van der Waals surface area contributed by atoms with Crippen molar-refractivity contribution in [1.82, 2.24) is 9.55 Å². The summed E-state index contributed by atoms with van der Waals surface area (Å²) in [7, 11) is 0. The molecule has 0 aliphatic heterocycles. The molecule has 0 aliphatic carbocycles. The van der Waals surface area contributed by atoms with Crippen molar-refractivity contribution in [2.45, 2.75) is 32.4 Å². The second kappa shape index (κ2) is 5.82. The minimum atomic E-state index is 0.102. The highest BCUT2D eigenvalue weighted by molar-refractivity contribution is 6.16. The molecule has 0 fully saturated rings. The Morgan fingerprint density at radius 1 is 1.29 bits per heavy atom. The third kappa shape index (κ3) is 2.76. The van der Waals surface area contributed by atoms with Crippen LogP contribution in [0.2, 0.25) is 0 Å². The fraction of sp³-hybridized carbons (Fsp3) is 0.312. The van der Waals surface area contributed by atoms with Crippen LogP contribution in [-0.2, 0) is 12.4 Å². The number of ether oxygens (including phenoxy) is 1. The fourth-order valence-corrected chi connectivity index (χ4v) is 2.56. The van der Waals surface area contributed by atoms with Crippen LogP contribution in [0.1, 0.15) is 25.4 Å². The lowest BCUT2D eigenvalue weighted by atomic mass is 10.3. The van der Waals surface area contributed by atoms with Gasteiger partial charge in [0.1, 0.15) is 22.9 Å². The van der Waals surface area contributed by atoms with Crippen molar-refractivity contribution in [3.05, 3.63) is 48.2 Å². The molecule has 5 heteroatoms. The van der Waals surface area contributed by atoms with Crippen molar-refractivity contribution in [2.24, 2.45) is 0 Å². The van der Waals surface area contributed by atoms with Crippen LogP contribution in [0, 0.1) is 0 Å². The Bertz CT molecular complexity index is 732. The number of imidazole rings is 1. The minimum Gasteiger partial charge on any atom is -0.489 e. The summed E-state index contributed by atoms with van der Waals surface area (Å²) in [4.78, 5) is 4.63. The van der Waals surface area contributed by atoms with Crippen LogP contribution < -0.4 is 4.74 Å². The summed E-state index contributed by atoms with van der Waals surface area (Å²) in [5, 5.41) is 0. The highest BCUT2D eigenvalue weighted by Gasteiger charge is 2.15. The van der Waals surface area contributed by atoms with Gasteiger partial charge in [-0.1, -0.05) is 6.07 Å². The molecule has 0 radical (unpaired) electrons. The lowest BCUT2D eigenvalue weighted by Crippen LogP contribution is -2.06. The first-order valence-corrected chi connectivity index (χ1v) is 7.45. The Morgan fingerprint density at radius 2 is 2.14 bits per heavy atom. The molecular formula is C16H17ClN2O2. The molecule has 0 amide bonds. The molecule has 0 spiro atoms. The number of halogens is 1. The van der Waals surface area contributed by atoms with E-state index in [2.05, 4.69) is 9.55 Å². The smallest absolute Gasteiger partial charge is 0.147 e. The number of hydrogen-bond donors (Lipinski definition) is 0. The van der Waals surface area contributed by atoms with Gasteiger partial charge in [0.2, 0.25) is 0 Å². The van der Waals surface area contributed by atoms with Gasteiger partial charge in [0.25, 0.3) is 0 Å². The Morgan fingerprint density at radius 3 is 2.81 bits per heavy atom. The molecule has 1 aromatic carbocycles. The number of furan rings is 1. The van der Waals surface area contributed by atoms with E-state index in [9.17, 15) is 0 Å². The third-order valence-corrected chi connectivity index (χ3v) is 3.44. The molecule has 4 nitrogen and oxygen atoms in total. The quantitative estimate of drug-likeness (QED) is 0.663. The summed E-state index contributed by atoms with van der Waals surface area (Å²) in [5.41, 5.74) is 1.84. The number of aromatic nitrogens is 2. The summed E-state index contributed by atoms with van der Waals surface area (Å²) >= 11 is 6.05. The number of fused-ring (bicyclic) bond motifs is 1. The minimum absolute atomic E-state index is 0.102. The molecule has 0 saturated carbocycles. The van der Waals surface area contributed by atoms with Gasteiger partial charge in [-0.15, -0.1) is 11.6 Å². The molecule has 3 aromatic rings. The van der Waals surface area contributed by atoms with Gasteiger partial charge in [-0.05, 0) is 38.1 Å². The molecule has 110 valence electrons. The molecule has 0 N–H and O–H groups in total. The average molecular weight is 305 g/mol. The average Bonchev–Trinajstić information content (AvgIpc) is 3.07. The van der Waals surface area contributed by atoms with Crippen LogP contribution in [-0.4, -0.2) is 15.7 Å². The van der Waals surface area contributed by atoms with Crippen LogP contribution in [0.25, 0.3) is 11.0 Å². The van der Waals surface area contributed by atoms with Crippen molar-refractivity contribution in [3.8, 4) is 5.75 Å². The SMILES string of the molecule is CC(C)Oc1cccc2c1nc(CCl)n2Cc1ccco1. The van der Waals surface area contributed by atoms with Gasteiger partial charge in [-0.3, -0.25) is 0 Å². The first-order valence-electron chi connectivity index (χ1n) is 6.92. The normalized spacial score (nSPS) is 11.4. The Balaban J connectivity index is 2.10. The molecular weight excluding hydrogens is 288 g/mol. The molecule has 0 aliphatic rings. The zero-order valence-electron chi connectivity index (χ0n) is 12.0. The highest BCUT2D eigenvalue weighted by Crippen LogP contribution is 2.28. The summed E-state index contributed by atoms with van der Waals surface area (Å²) in [6.45, 7) is 4.61. The number of rotatable bonds is 5. The van der Waals surface area contributed by atoms with E-state index in [-0.39, 0.29) is 6.10 Å². The lowest BCUT2D eigenvalue weighted by Gasteiger charge is -2.10. The van der Waals surface area contributed by atoms with Crippen molar-refractivity contribution >= 4 is 22.6 Å². The van der Waals surface area contributed by atoms with Crippen molar-refractivity contribution < 1.29 is 9.15 Å². The van der Waals surface area contributed by atoms with Crippen LogP contribution in [0.3, 0.4) is 0 Å². The Kier molecular flexibility index (Phi) is 3.88. The largest absolute Gasteiger partial charge is 0.489 e. The molecule has 0 unspecified atom stereocenters. The number of hydrogen-bond acceptors (Lipinski definition) is 3. The molecule has 21 heavy (non-hydrogen) atoms. The van der Waals surface area contributed by atoms with Gasteiger partial charge in [-0.25, -0.2) is 4.98 Å². The standard InChI is InChI=1S/C16H17ClN2O2/c1-11(2)21-14-7-3-6-13-16(14)18-15(9-17)19(13)10-12-5-4-8-20-12/h3-8,11H,9-10H2,1-2H3. The predicted molar refractivity (Wildman–Crippen MR) is 82.9 cm³/mol. The van der Waals surface area contributed by atoms with Crippen LogP contribution >= 0.6 is 11.6 Å².